The smallest absolute Gasteiger partial charge is 0.248 e. The van der Waals surface area contributed by atoms with Crippen LogP contribution in [0.15, 0.2) is 94.0 Å². The van der Waals surface area contributed by atoms with Crippen LogP contribution < -0.4 is 5.01 Å². The number of fused-ring (bicyclic) bond motifs is 1. The second kappa shape index (κ2) is 7.89. The van der Waals surface area contributed by atoms with Gasteiger partial charge < -0.3 is 4.42 Å². The van der Waals surface area contributed by atoms with Crippen molar-refractivity contribution in [3.63, 3.8) is 0 Å². The quantitative estimate of drug-likeness (QED) is 0.293. The Bertz CT molecular complexity index is 1420. The third-order valence-electron chi connectivity index (χ3n) is 5.49. The summed E-state index contributed by atoms with van der Waals surface area (Å²) in [6.45, 7) is 0. The second-order valence-electron chi connectivity index (χ2n) is 7.50. The van der Waals surface area contributed by atoms with E-state index in [0.29, 0.717) is 11.0 Å². The molecule has 7 heteroatoms. The van der Waals surface area contributed by atoms with Crippen molar-refractivity contribution < 1.29 is 4.42 Å². The van der Waals surface area contributed by atoms with Gasteiger partial charge in [0.1, 0.15) is 11.8 Å². The third kappa shape index (κ3) is 3.38. The summed E-state index contributed by atoms with van der Waals surface area (Å²) >= 11 is 7.99. The molecule has 0 fully saturated rings. The Morgan fingerprint density at radius 2 is 1.88 bits per heavy atom. The SMILES string of the molecule is Clc1ccc2nc(N3N=C(c4cccs4)C[C@H]3c3ccco3)nc(-c3ccccc3)c2c1. The summed E-state index contributed by atoms with van der Waals surface area (Å²) < 4.78 is 5.77. The lowest BCUT2D eigenvalue weighted by Crippen LogP contribution is -2.20. The molecule has 0 unspecified atom stereocenters. The van der Waals surface area contributed by atoms with Gasteiger partial charge in [-0.3, -0.25) is 0 Å². The van der Waals surface area contributed by atoms with Gasteiger partial charge in [0.25, 0.3) is 0 Å². The molecule has 6 rings (SSSR count). The highest BCUT2D eigenvalue weighted by molar-refractivity contribution is 7.12. The maximum Gasteiger partial charge on any atom is 0.248 e. The lowest BCUT2D eigenvalue weighted by molar-refractivity contribution is 0.463. The molecule has 5 nitrogen and oxygen atoms in total. The van der Waals surface area contributed by atoms with Crippen molar-refractivity contribution in [3.8, 4) is 11.3 Å². The monoisotopic (exact) mass is 456 g/mol. The van der Waals surface area contributed by atoms with Crippen molar-refractivity contribution in [1.29, 1.82) is 0 Å². The number of hydrogen-bond donors (Lipinski definition) is 0. The molecule has 0 saturated heterocycles. The summed E-state index contributed by atoms with van der Waals surface area (Å²) in [4.78, 5) is 11.0. The second-order valence-corrected chi connectivity index (χ2v) is 8.89. The minimum absolute atomic E-state index is 0.115. The Morgan fingerprint density at radius 1 is 0.969 bits per heavy atom. The van der Waals surface area contributed by atoms with Gasteiger partial charge in [-0.25, -0.2) is 15.0 Å². The highest BCUT2D eigenvalue weighted by Gasteiger charge is 2.34. The van der Waals surface area contributed by atoms with Gasteiger partial charge in [0.05, 0.1) is 28.1 Å². The average molecular weight is 457 g/mol. The van der Waals surface area contributed by atoms with Crippen molar-refractivity contribution in [3.05, 3.63) is 100 Å². The molecule has 0 saturated carbocycles. The lowest BCUT2D eigenvalue weighted by atomic mass is 10.1. The number of halogens is 1. The highest BCUT2D eigenvalue weighted by Crippen LogP contribution is 2.38. The standard InChI is InChI=1S/C25H17ClN4OS/c26-17-10-11-19-18(14-17)24(16-6-2-1-3-7-16)28-25(27-19)30-21(22-8-4-12-31-22)15-20(29-30)23-9-5-13-32-23/h1-14,21H,15H2/t21-/m0/s1. The van der Waals surface area contributed by atoms with E-state index in [4.69, 9.17) is 31.1 Å². The molecule has 5 aromatic rings. The first-order chi connectivity index (χ1) is 15.8. The predicted octanol–water partition coefficient (Wildman–Crippen LogP) is 6.96. The number of nitrogens with zero attached hydrogens (tertiary/aromatic N) is 4. The van der Waals surface area contributed by atoms with Crippen LogP contribution in [0.4, 0.5) is 5.95 Å². The van der Waals surface area contributed by atoms with Crippen LogP contribution in [-0.2, 0) is 0 Å². The summed E-state index contributed by atoms with van der Waals surface area (Å²) in [5.74, 6) is 1.37. The van der Waals surface area contributed by atoms with Crippen molar-refractivity contribution in [2.24, 2.45) is 5.10 Å². The molecule has 156 valence electrons. The van der Waals surface area contributed by atoms with Crippen molar-refractivity contribution in [2.75, 3.05) is 5.01 Å². The van der Waals surface area contributed by atoms with E-state index in [2.05, 4.69) is 11.4 Å². The van der Waals surface area contributed by atoms with Gasteiger partial charge in [-0.15, -0.1) is 11.3 Å². The molecule has 0 radical (unpaired) electrons. The zero-order valence-corrected chi connectivity index (χ0v) is 18.4. The van der Waals surface area contributed by atoms with Crippen LogP contribution in [0.5, 0.6) is 0 Å². The topological polar surface area (TPSA) is 54.5 Å². The first-order valence-corrected chi connectivity index (χ1v) is 11.5. The first kappa shape index (κ1) is 19.2. The summed E-state index contributed by atoms with van der Waals surface area (Å²) in [6.07, 6.45) is 2.41. The van der Waals surface area contributed by atoms with E-state index in [1.165, 1.54) is 0 Å². The molecule has 2 aromatic carbocycles. The van der Waals surface area contributed by atoms with Gasteiger partial charge in [-0.1, -0.05) is 48.0 Å². The van der Waals surface area contributed by atoms with Gasteiger partial charge in [0, 0.05) is 22.4 Å². The molecular weight excluding hydrogens is 440 g/mol. The molecule has 0 aliphatic carbocycles. The normalized spacial score (nSPS) is 16.0. The Morgan fingerprint density at radius 3 is 2.66 bits per heavy atom. The minimum Gasteiger partial charge on any atom is -0.467 e. The van der Waals surface area contributed by atoms with Gasteiger partial charge in [0.2, 0.25) is 5.95 Å². The fourth-order valence-electron chi connectivity index (χ4n) is 4.00. The molecular formula is C25H17ClN4OS. The van der Waals surface area contributed by atoms with Crippen LogP contribution in [0.25, 0.3) is 22.2 Å². The van der Waals surface area contributed by atoms with Crippen LogP contribution in [0.3, 0.4) is 0 Å². The van der Waals surface area contributed by atoms with Crippen LogP contribution in [0.1, 0.15) is 23.1 Å². The Hall–Kier alpha value is -3.48. The molecule has 3 aromatic heterocycles. The molecule has 1 aliphatic rings. The fraction of sp³-hybridized carbons (Fsp3) is 0.0800. The molecule has 0 amide bonds. The lowest BCUT2D eigenvalue weighted by Gasteiger charge is -2.21. The molecule has 32 heavy (non-hydrogen) atoms. The van der Waals surface area contributed by atoms with Crippen LogP contribution in [0.2, 0.25) is 5.02 Å². The number of furan rings is 1. The molecule has 0 bridgehead atoms. The van der Waals surface area contributed by atoms with E-state index in [-0.39, 0.29) is 6.04 Å². The highest BCUT2D eigenvalue weighted by atomic mass is 35.5. The van der Waals surface area contributed by atoms with E-state index >= 15 is 0 Å². The molecule has 4 heterocycles. The van der Waals surface area contributed by atoms with E-state index in [1.54, 1.807) is 17.6 Å². The number of rotatable bonds is 4. The van der Waals surface area contributed by atoms with E-state index < -0.39 is 0 Å². The summed E-state index contributed by atoms with van der Waals surface area (Å²) in [5, 5.41) is 10.4. The van der Waals surface area contributed by atoms with Crippen LogP contribution >= 0.6 is 22.9 Å². The molecule has 0 spiro atoms. The minimum atomic E-state index is -0.115. The van der Waals surface area contributed by atoms with Crippen LogP contribution in [0, 0.1) is 0 Å². The third-order valence-corrected chi connectivity index (χ3v) is 6.64. The summed E-state index contributed by atoms with van der Waals surface area (Å²) in [7, 11) is 0. The Labute approximate surface area is 193 Å². The van der Waals surface area contributed by atoms with Gasteiger partial charge >= 0.3 is 0 Å². The van der Waals surface area contributed by atoms with Crippen molar-refractivity contribution >= 4 is 45.5 Å². The number of thiophene rings is 1. The predicted molar refractivity (Wildman–Crippen MR) is 129 cm³/mol. The van der Waals surface area contributed by atoms with Gasteiger partial charge in [-0.2, -0.15) is 5.10 Å². The number of aromatic nitrogens is 2. The first-order valence-electron chi connectivity index (χ1n) is 10.2. The summed E-state index contributed by atoms with van der Waals surface area (Å²) in [6, 6.07) is 23.7. The van der Waals surface area contributed by atoms with E-state index in [1.807, 2.05) is 71.7 Å². The summed E-state index contributed by atoms with van der Waals surface area (Å²) in [5.41, 5.74) is 3.64. The average Bonchev–Trinajstić information content (AvgIpc) is 3.60. The fourth-order valence-corrected chi connectivity index (χ4v) is 4.89. The van der Waals surface area contributed by atoms with E-state index in [0.717, 1.165) is 44.9 Å². The molecule has 0 N–H and O–H groups in total. The Balaban J connectivity index is 1.55. The van der Waals surface area contributed by atoms with Crippen molar-refractivity contribution in [2.45, 2.75) is 12.5 Å². The zero-order valence-electron chi connectivity index (χ0n) is 16.9. The molecule has 1 aliphatic heterocycles. The number of hydrazone groups is 1. The maximum absolute atomic E-state index is 6.31. The van der Waals surface area contributed by atoms with Crippen LogP contribution in [-0.4, -0.2) is 15.7 Å². The van der Waals surface area contributed by atoms with Gasteiger partial charge in [-0.05, 0) is 41.8 Å². The number of anilines is 1. The van der Waals surface area contributed by atoms with E-state index in [9.17, 15) is 0 Å². The maximum atomic E-state index is 6.31. The molecule has 1 atom stereocenters. The Kier molecular flexibility index (Phi) is 4.74. The zero-order chi connectivity index (χ0) is 21.5. The largest absolute Gasteiger partial charge is 0.467 e. The number of hydrogen-bond acceptors (Lipinski definition) is 6. The van der Waals surface area contributed by atoms with Gasteiger partial charge in [0.15, 0.2) is 0 Å². The number of benzene rings is 2. The van der Waals surface area contributed by atoms with Crippen molar-refractivity contribution in [1.82, 2.24) is 9.97 Å².